The summed E-state index contributed by atoms with van der Waals surface area (Å²) in [5, 5.41) is 11.8. The quantitative estimate of drug-likeness (QED) is 0.380. The zero-order valence-electron chi connectivity index (χ0n) is 10.6. The maximum atomic E-state index is 12.4. The summed E-state index contributed by atoms with van der Waals surface area (Å²) in [4.78, 5) is 13.9. The lowest BCUT2D eigenvalue weighted by Crippen LogP contribution is -2.43. The standard InChI is InChI=1S/C12H15BrClN3O2/c1-7(2)17(6-11(15)16-19)12(18)9-4-3-8(13)5-10(9)14/h3-5,7,19H,6H2,1-2H3,(H2,15,16). The van der Waals surface area contributed by atoms with E-state index in [0.29, 0.717) is 10.6 Å². The molecule has 19 heavy (non-hydrogen) atoms. The Hall–Kier alpha value is -1.27. The Bertz CT molecular complexity index is 506. The van der Waals surface area contributed by atoms with Crippen LogP contribution >= 0.6 is 27.5 Å². The van der Waals surface area contributed by atoms with Crippen LogP contribution in [0.5, 0.6) is 0 Å². The minimum Gasteiger partial charge on any atom is -0.409 e. The van der Waals surface area contributed by atoms with Crippen molar-refractivity contribution >= 4 is 39.3 Å². The van der Waals surface area contributed by atoms with Crippen molar-refractivity contribution in [2.24, 2.45) is 10.9 Å². The van der Waals surface area contributed by atoms with Gasteiger partial charge in [-0.3, -0.25) is 4.79 Å². The maximum Gasteiger partial charge on any atom is 0.256 e. The number of oxime groups is 1. The highest BCUT2D eigenvalue weighted by molar-refractivity contribution is 9.10. The summed E-state index contributed by atoms with van der Waals surface area (Å²) in [6.45, 7) is 3.73. The number of benzene rings is 1. The Morgan fingerprint density at radius 3 is 2.68 bits per heavy atom. The van der Waals surface area contributed by atoms with Crippen LogP contribution in [0.25, 0.3) is 0 Å². The fraction of sp³-hybridized carbons (Fsp3) is 0.333. The van der Waals surface area contributed by atoms with Crippen molar-refractivity contribution in [1.29, 1.82) is 0 Å². The van der Waals surface area contributed by atoms with E-state index in [1.807, 2.05) is 13.8 Å². The van der Waals surface area contributed by atoms with E-state index in [-0.39, 0.29) is 24.3 Å². The third kappa shape index (κ3) is 4.11. The van der Waals surface area contributed by atoms with Crippen molar-refractivity contribution < 1.29 is 10.0 Å². The Labute approximate surface area is 125 Å². The van der Waals surface area contributed by atoms with E-state index in [1.165, 1.54) is 4.90 Å². The van der Waals surface area contributed by atoms with Crippen LogP contribution in [0.15, 0.2) is 27.8 Å². The SMILES string of the molecule is CC(C)N(CC(N)=NO)C(=O)c1ccc(Br)cc1Cl. The molecule has 0 atom stereocenters. The van der Waals surface area contributed by atoms with Gasteiger partial charge in [0.2, 0.25) is 0 Å². The normalized spacial score (nSPS) is 11.7. The van der Waals surface area contributed by atoms with Crippen LogP contribution in [0, 0.1) is 0 Å². The molecule has 0 saturated heterocycles. The van der Waals surface area contributed by atoms with Gasteiger partial charge < -0.3 is 15.8 Å². The van der Waals surface area contributed by atoms with E-state index in [0.717, 1.165) is 4.47 Å². The lowest BCUT2D eigenvalue weighted by molar-refractivity contribution is 0.0734. The van der Waals surface area contributed by atoms with Crippen molar-refractivity contribution in [3.63, 3.8) is 0 Å². The van der Waals surface area contributed by atoms with E-state index in [2.05, 4.69) is 21.1 Å². The molecule has 1 rings (SSSR count). The average Bonchev–Trinajstić information content (AvgIpc) is 2.34. The first-order valence-corrected chi connectivity index (χ1v) is 6.76. The number of hydrogen-bond acceptors (Lipinski definition) is 3. The number of nitrogens with two attached hydrogens (primary N) is 1. The van der Waals surface area contributed by atoms with Crippen molar-refractivity contribution in [2.75, 3.05) is 6.54 Å². The molecule has 104 valence electrons. The predicted octanol–water partition coefficient (Wildman–Crippen LogP) is 2.70. The number of carbonyl (C=O) groups is 1. The first kappa shape index (κ1) is 15.8. The molecule has 0 radical (unpaired) electrons. The van der Waals surface area contributed by atoms with Crippen molar-refractivity contribution in [1.82, 2.24) is 4.90 Å². The van der Waals surface area contributed by atoms with Gasteiger partial charge >= 0.3 is 0 Å². The lowest BCUT2D eigenvalue weighted by atomic mass is 10.1. The minimum atomic E-state index is -0.265. The van der Waals surface area contributed by atoms with Gasteiger partial charge in [-0.15, -0.1) is 0 Å². The topological polar surface area (TPSA) is 78.9 Å². The number of amides is 1. The van der Waals surface area contributed by atoms with Gasteiger partial charge in [0.1, 0.15) is 0 Å². The zero-order chi connectivity index (χ0) is 14.6. The highest BCUT2D eigenvalue weighted by Gasteiger charge is 2.22. The molecule has 0 bridgehead atoms. The maximum absolute atomic E-state index is 12.4. The van der Waals surface area contributed by atoms with Gasteiger partial charge in [0.05, 0.1) is 17.1 Å². The molecule has 1 amide bonds. The molecule has 0 spiro atoms. The third-order valence-corrected chi connectivity index (χ3v) is 3.31. The molecular weight excluding hydrogens is 334 g/mol. The van der Waals surface area contributed by atoms with Gasteiger partial charge in [-0.2, -0.15) is 0 Å². The lowest BCUT2D eigenvalue weighted by Gasteiger charge is -2.26. The fourth-order valence-electron chi connectivity index (χ4n) is 1.51. The molecule has 5 nitrogen and oxygen atoms in total. The van der Waals surface area contributed by atoms with E-state index >= 15 is 0 Å². The summed E-state index contributed by atoms with van der Waals surface area (Å²) in [5.74, 6) is -0.297. The van der Waals surface area contributed by atoms with Crippen LogP contribution in [0.3, 0.4) is 0 Å². The summed E-state index contributed by atoms with van der Waals surface area (Å²) < 4.78 is 0.793. The second-order valence-electron chi connectivity index (χ2n) is 4.24. The minimum absolute atomic E-state index is 0.0321. The van der Waals surface area contributed by atoms with Crippen molar-refractivity contribution in [2.45, 2.75) is 19.9 Å². The van der Waals surface area contributed by atoms with Crippen molar-refractivity contribution in [3.05, 3.63) is 33.3 Å². The van der Waals surface area contributed by atoms with Gasteiger partial charge in [0.25, 0.3) is 5.91 Å². The molecule has 0 unspecified atom stereocenters. The molecule has 0 aliphatic carbocycles. The van der Waals surface area contributed by atoms with E-state index in [1.54, 1.807) is 18.2 Å². The molecule has 0 aromatic heterocycles. The number of hydrogen-bond donors (Lipinski definition) is 2. The second-order valence-corrected chi connectivity index (χ2v) is 5.57. The third-order valence-electron chi connectivity index (χ3n) is 2.51. The fourth-order valence-corrected chi connectivity index (χ4v) is 2.27. The Balaban J connectivity index is 3.06. The molecule has 0 aliphatic heterocycles. The van der Waals surface area contributed by atoms with Gasteiger partial charge in [-0.25, -0.2) is 0 Å². The Morgan fingerprint density at radius 2 is 2.21 bits per heavy atom. The van der Waals surface area contributed by atoms with Crippen LogP contribution in [-0.4, -0.2) is 34.4 Å². The molecule has 7 heteroatoms. The number of carbonyl (C=O) groups excluding carboxylic acids is 1. The largest absolute Gasteiger partial charge is 0.409 e. The molecule has 1 aromatic rings. The van der Waals surface area contributed by atoms with E-state index < -0.39 is 0 Å². The van der Waals surface area contributed by atoms with Gasteiger partial charge in [0, 0.05) is 10.5 Å². The number of nitrogens with zero attached hydrogens (tertiary/aromatic N) is 2. The number of rotatable bonds is 4. The van der Waals surface area contributed by atoms with Crippen LogP contribution in [-0.2, 0) is 0 Å². The van der Waals surface area contributed by atoms with Crippen LogP contribution in [0.2, 0.25) is 5.02 Å². The van der Waals surface area contributed by atoms with Gasteiger partial charge in [-0.05, 0) is 32.0 Å². The zero-order valence-corrected chi connectivity index (χ0v) is 12.9. The number of amidine groups is 1. The summed E-state index contributed by atoms with van der Waals surface area (Å²) in [6, 6.07) is 4.92. The summed E-state index contributed by atoms with van der Waals surface area (Å²) in [7, 11) is 0. The monoisotopic (exact) mass is 347 g/mol. The first-order valence-electron chi connectivity index (χ1n) is 5.59. The molecule has 0 aliphatic rings. The Morgan fingerprint density at radius 1 is 1.58 bits per heavy atom. The van der Waals surface area contributed by atoms with Gasteiger partial charge in [0.15, 0.2) is 5.84 Å². The van der Waals surface area contributed by atoms with Gasteiger partial charge in [-0.1, -0.05) is 32.7 Å². The van der Waals surface area contributed by atoms with Crippen LogP contribution in [0.1, 0.15) is 24.2 Å². The highest BCUT2D eigenvalue weighted by atomic mass is 79.9. The average molecular weight is 349 g/mol. The summed E-state index contributed by atoms with van der Waals surface area (Å²) >= 11 is 9.34. The predicted molar refractivity (Wildman–Crippen MR) is 78.7 cm³/mol. The first-order chi connectivity index (χ1) is 8.86. The second kappa shape index (κ2) is 6.77. The highest BCUT2D eigenvalue weighted by Crippen LogP contribution is 2.23. The molecule has 1 aromatic carbocycles. The molecule has 0 saturated carbocycles. The molecule has 0 heterocycles. The van der Waals surface area contributed by atoms with E-state index in [4.69, 9.17) is 22.5 Å². The molecule has 3 N–H and O–H groups in total. The van der Waals surface area contributed by atoms with Crippen molar-refractivity contribution in [3.8, 4) is 0 Å². The summed E-state index contributed by atoms with van der Waals surface area (Å²) in [5.41, 5.74) is 5.83. The summed E-state index contributed by atoms with van der Waals surface area (Å²) in [6.07, 6.45) is 0. The van der Waals surface area contributed by atoms with Crippen LogP contribution in [0.4, 0.5) is 0 Å². The van der Waals surface area contributed by atoms with E-state index in [9.17, 15) is 4.79 Å². The molecule has 0 fully saturated rings. The molecular formula is C12H15BrClN3O2. The van der Waals surface area contributed by atoms with Crippen LogP contribution < -0.4 is 5.73 Å². The Kier molecular flexibility index (Phi) is 5.62. The smallest absolute Gasteiger partial charge is 0.256 e. The number of halogens is 2.